The van der Waals surface area contributed by atoms with Gasteiger partial charge in [-0.2, -0.15) is 0 Å². The molecule has 0 aliphatic rings. The summed E-state index contributed by atoms with van der Waals surface area (Å²) in [5, 5.41) is 10.3. The Morgan fingerprint density at radius 1 is 1.00 bits per heavy atom. The van der Waals surface area contributed by atoms with Crippen LogP contribution in [0.2, 0.25) is 0 Å². The van der Waals surface area contributed by atoms with Crippen molar-refractivity contribution >= 4 is 11.0 Å². The van der Waals surface area contributed by atoms with Gasteiger partial charge in [0.2, 0.25) is 11.2 Å². The lowest BCUT2D eigenvalue weighted by Gasteiger charge is -2.10. The molecule has 0 saturated carbocycles. The minimum Gasteiger partial charge on any atom is -0.504 e. The van der Waals surface area contributed by atoms with Crippen molar-refractivity contribution in [2.45, 2.75) is 0 Å². The van der Waals surface area contributed by atoms with Crippen LogP contribution in [0.15, 0.2) is 77.2 Å². The number of ether oxygens (including phenoxy) is 2. The van der Waals surface area contributed by atoms with Crippen molar-refractivity contribution in [2.75, 3.05) is 13.2 Å². The summed E-state index contributed by atoms with van der Waals surface area (Å²) in [5.41, 5.74) is 1.10. The first kappa shape index (κ1) is 17.4. The minimum atomic E-state index is -0.213. The SMILES string of the molecule is C=CCOc1ccc(-c2coc3c(OCC=C)c(O)ccc3c2=O)cc1. The first-order valence-corrected chi connectivity index (χ1v) is 8.01. The third kappa shape index (κ3) is 3.32. The van der Waals surface area contributed by atoms with Crippen molar-refractivity contribution in [2.24, 2.45) is 0 Å². The molecular formula is C21H18O5. The molecule has 0 radical (unpaired) electrons. The van der Waals surface area contributed by atoms with Crippen LogP contribution in [0, 0.1) is 0 Å². The summed E-state index contributed by atoms with van der Waals surface area (Å²) in [6.45, 7) is 7.76. The van der Waals surface area contributed by atoms with Gasteiger partial charge in [0.1, 0.15) is 25.2 Å². The zero-order valence-corrected chi connectivity index (χ0v) is 14.1. The molecule has 2 aromatic carbocycles. The number of hydrogen-bond acceptors (Lipinski definition) is 5. The van der Waals surface area contributed by atoms with Crippen molar-refractivity contribution in [3.8, 4) is 28.4 Å². The van der Waals surface area contributed by atoms with Crippen molar-refractivity contribution in [3.63, 3.8) is 0 Å². The van der Waals surface area contributed by atoms with Gasteiger partial charge in [-0.05, 0) is 29.8 Å². The van der Waals surface area contributed by atoms with Gasteiger partial charge in [-0.25, -0.2) is 0 Å². The van der Waals surface area contributed by atoms with Crippen molar-refractivity contribution < 1.29 is 19.0 Å². The van der Waals surface area contributed by atoms with Crippen molar-refractivity contribution in [1.29, 1.82) is 0 Å². The molecule has 0 spiro atoms. The van der Waals surface area contributed by atoms with Crippen LogP contribution in [0.5, 0.6) is 17.2 Å². The minimum absolute atomic E-state index is 0.0982. The summed E-state index contributed by atoms with van der Waals surface area (Å²) in [5.74, 6) is 0.710. The summed E-state index contributed by atoms with van der Waals surface area (Å²) in [4.78, 5) is 12.9. The highest BCUT2D eigenvalue weighted by molar-refractivity contribution is 5.88. The molecule has 5 heteroatoms. The van der Waals surface area contributed by atoms with E-state index in [1.165, 1.54) is 18.4 Å². The molecule has 0 aliphatic carbocycles. The molecule has 1 N–H and O–H groups in total. The third-order valence-corrected chi connectivity index (χ3v) is 3.75. The van der Waals surface area contributed by atoms with E-state index in [2.05, 4.69) is 13.2 Å². The van der Waals surface area contributed by atoms with E-state index < -0.39 is 0 Å². The first-order chi connectivity index (χ1) is 12.7. The summed E-state index contributed by atoms with van der Waals surface area (Å²) >= 11 is 0. The first-order valence-electron chi connectivity index (χ1n) is 8.01. The molecule has 0 unspecified atom stereocenters. The van der Waals surface area contributed by atoms with Gasteiger partial charge in [-0.15, -0.1) is 0 Å². The summed E-state index contributed by atoms with van der Waals surface area (Å²) in [6.07, 6.45) is 4.57. The Morgan fingerprint density at radius 3 is 2.38 bits per heavy atom. The Labute approximate surface area is 150 Å². The molecule has 1 heterocycles. The highest BCUT2D eigenvalue weighted by Gasteiger charge is 2.16. The van der Waals surface area contributed by atoms with E-state index in [1.807, 2.05) is 0 Å². The van der Waals surface area contributed by atoms with Crippen LogP contribution in [-0.2, 0) is 0 Å². The number of phenols is 1. The average molecular weight is 350 g/mol. The maximum Gasteiger partial charge on any atom is 0.205 e. The molecule has 0 aliphatic heterocycles. The van der Waals surface area contributed by atoms with Crippen LogP contribution in [-0.4, -0.2) is 18.3 Å². The molecule has 0 atom stereocenters. The highest BCUT2D eigenvalue weighted by Crippen LogP contribution is 2.34. The van der Waals surface area contributed by atoms with Gasteiger partial charge in [-0.1, -0.05) is 37.4 Å². The van der Waals surface area contributed by atoms with Crippen molar-refractivity contribution in [3.05, 3.63) is 78.2 Å². The molecule has 0 bridgehead atoms. The number of fused-ring (bicyclic) bond motifs is 1. The molecule has 3 aromatic rings. The number of rotatable bonds is 7. The Kier molecular flexibility index (Phi) is 5.08. The summed E-state index contributed by atoms with van der Waals surface area (Å²) in [6, 6.07) is 10.0. The van der Waals surface area contributed by atoms with E-state index >= 15 is 0 Å². The fourth-order valence-electron chi connectivity index (χ4n) is 2.53. The van der Waals surface area contributed by atoms with Crippen LogP contribution in [0.25, 0.3) is 22.1 Å². The number of benzene rings is 2. The monoisotopic (exact) mass is 350 g/mol. The summed E-state index contributed by atoms with van der Waals surface area (Å²) < 4.78 is 16.5. The van der Waals surface area contributed by atoms with Gasteiger partial charge in [0.05, 0.1) is 10.9 Å². The summed E-state index contributed by atoms with van der Waals surface area (Å²) in [7, 11) is 0. The molecule has 5 nitrogen and oxygen atoms in total. The fourth-order valence-corrected chi connectivity index (χ4v) is 2.53. The van der Waals surface area contributed by atoms with E-state index in [0.717, 1.165) is 0 Å². The second-order valence-electron chi connectivity index (χ2n) is 5.49. The molecule has 26 heavy (non-hydrogen) atoms. The standard InChI is InChI=1S/C21H18O5/c1-3-11-24-15-7-5-14(6-8-15)17-13-26-20-16(19(17)23)9-10-18(22)21(20)25-12-4-2/h3-10,13,22H,1-2,11-12H2. The molecule has 3 rings (SSSR count). The van der Waals surface area contributed by atoms with Crippen LogP contribution in [0.1, 0.15) is 0 Å². The number of hydrogen-bond donors (Lipinski definition) is 1. The van der Waals surface area contributed by atoms with Crippen LogP contribution in [0.4, 0.5) is 0 Å². The Balaban J connectivity index is 2.04. The van der Waals surface area contributed by atoms with Crippen LogP contribution in [0.3, 0.4) is 0 Å². The second-order valence-corrected chi connectivity index (χ2v) is 5.49. The van der Waals surface area contributed by atoms with E-state index in [0.29, 0.717) is 28.9 Å². The van der Waals surface area contributed by atoms with Crippen LogP contribution >= 0.6 is 0 Å². The Hall–Kier alpha value is -3.47. The van der Waals surface area contributed by atoms with Crippen molar-refractivity contribution in [1.82, 2.24) is 0 Å². The van der Waals surface area contributed by atoms with Gasteiger partial charge in [-0.3, -0.25) is 4.79 Å². The third-order valence-electron chi connectivity index (χ3n) is 3.75. The number of phenolic OH excluding ortho intramolecular Hbond substituents is 1. The normalized spacial score (nSPS) is 10.5. The fraction of sp³-hybridized carbons (Fsp3) is 0.0952. The van der Waals surface area contributed by atoms with Gasteiger partial charge in [0.15, 0.2) is 11.3 Å². The van der Waals surface area contributed by atoms with Gasteiger partial charge in [0, 0.05) is 0 Å². The number of aromatic hydroxyl groups is 1. The lowest BCUT2D eigenvalue weighted by molar-refractivity contribution is 0.334. The largest absolute Gasteiger partial charge is 0.504 e. The van der Waals surface area contributed by atoms with E-state index in [4.69, 9.17) is 13.9 Å². The predicted molar refractivity (Wildman–Crippen MR) is 101 cm³/mol. The smallest absolute Gasteiger partial charge is 0.205 e. The molecular weight excluding hydrogens is 332 g/mol. The lowest BCUT2D eigenvalue weighted by atomic mass is 10.1. The molecule has 132 valence electrons. The van der Waals surface area contributed by atoms with Gasteiger partial charge < -0.3 is 19.0 Å². The highest BCUT2D eigenvalue weighted by atomic mass is 16.5. The molecule has 1 aromatic heterocycles. The average Bonchev–Trinajstić information content (AvgIpc) is 2.66. The van der Waals surface area contributed by atoms with Gasteiger partial charge in [0.25, 0.3) is 0 Å². The zero-order chi connectivity index (χ0) is 18.5. The van der Waals surface area contributed by atoms with Crippen LogP contribution < -0.4 is 14.9 Å². The molecule has 0 amide bonds. The Morgan fingerprint density at radius 2 is 1.69 bits per heavy atom. The maximum atomic E-state index is 12.9. The Bertz CT molecular complexity index is 999. The zero-order valence-electron chi connectivity index (χ0n) is 14.1. The predicted octanol–water partition coefficient (Wildman–Crippen LogP) is 4.30. The second kappa shape index (κ2) is 7.61. The molecule has 0 saturated heterocycles. The maximum absolute atomic E-state index is 12.9. The quantitative estimate of drug-likeness (QED) is 0.644. The lowest BCUT2D eigenvalue weighted by Crippen LogP contribution is -2.06. The molecule has 0 fully saturated rings. The van der Waals surface area contributed by atoms with E-state index in [1.54, 1.807) is 36.4 Å². The van der Waals surface area contributed by atoms with E-state index in [9.17, 15) is 9.90 Å². The van der Waals surface area contributed by atoms with Gasteiger partial charge >= 0.3 is 0 Å². The van der Waals surface area contributed by atoms with E-state index in [-0.39, 0.29) is 29.1 Å². The topological polar surface area (TPSA) is 68.9 Å².